The second-order valence-electron chi connectivity index (χ2n) is 4.12. The van der Waals surface area contributed by atoms with E-state index >= 15 is 0 Å². The Balaban J connectivity index is 2.10. The number of carboxylic acids is 1. The molecule has 1 atom stereocenters. The number of halogens is 1. The molecule has 0 saturated carbocycles. The van der Waals surface area contributed by atoms with Gasteiger partial charge in [0.15, 0.2) is 0 Å². The molecular weight excluding hydrogens is 247 g/mol. The summed E-state index contributed by atoms with van der Waals surface area (Å²) in [5.74, 6) is 0.131. The summed E-state index contributed by atoms with van der Waals surface area (Å²) < 4.78 is 18.5. The lowest BCUT2D eigenvalue weighted by atomic mass is 10.1. The second-order valence-corrected chi connectivity index (χ2v) is 4.12. The summed E-state index contributed by atoms with van der Waals surface area (Å²) in [6, 6.07) is 12.8. The standard InChI is InChI=1S/C15H13FO3/c1-10(16)11-2-6-13(7-3-11)19-14-8-4-12(5-9-14)15(17)18/h2-10H,1H3,(H,17,18). The van der Waals surface area contributed by atoms with Crippen LogP contribution in [0.4, 0.5) is 4.39 Å². The van der Waals surface area contributed by atoms with Crippen LogP contribution in [-0.2, 0) is 0 Å². The van der Waals surface area contributed by atoms with Crippen molar-refractivity contribution < 1.29 is 19.0 Å². The van der Waals surface area contributed by atoms with E-state index in [0.717, 1.165) is 0 Å². The maximum absolute atomic E-state index is 13.0. The van der Waals surface area contributed by atoms with Crippen molar-refractivity contribution in [1.29, 1.82) is 0 Å². The van der Waals surface area contributed by atoms with Crippen molar-refractivity contribution in [1.82, 2.24) is 0 Å². The summed E-state index contributed by atoms with van der Waals surface area (Å²) in [6.07, 6.45) is -1.01. The van der Waals surface area contributed by atoms with Gasteiger partial charge in [0.25, 0.3) is 0 Å². The molecule has 0 saturated heterocycles. The lowest BCUT2D eigenvalue weighted by Gasteiger charge is -2.07. The summed E-state index contributed by atoms with van der Waals surface area (Å²) in [5, 5.41) is 8.77. The first-order valence-electron chi connectivity index (χ1n) is 5.81. The molecule has 4 heteroatoms. The number of alkyl halides is 1. The van der Waals surface area contributed by atoms with Gasteiger partial charge in [-0.25, -0.2) is 9.18 Å². The van der Waals surface area contributed by atoms with Crippen molar-refractivity contribution in [2.24, 2.45) is 0 Å². The van der Waals surface area contributed by atoms with Gasteiger partial charge in [0.1, 0.15) is 17.7 Å². The van der Waals surface area contributed by atoms with Gasteiger partial charge in [-0.1, -0.05) is 12.1 Å². The minimum atomic E-state index is -1.01. The number of carbonyl (C=O) groups is 1. The highest BCUT2D eigenvalue weighted by molar-refractivity contribution is 5.87. The van der Waals surface area contributed by atoms with Crippen LogP contribution in [0.25, 0.3) is 0 Å². The van der Waals surface area contributed by atoms with E-state index in [1.54, 1.807) is 36.4 Å². The highest BCUT2D eigenvalue weighted by Gasteiger charge is 2.05. The van der Waals surface area contributed by atoms with Crippen LogP contribution in [0.3, 0.4) is 0 Å². The molecule has 1 N–H and O–H groups in total. The van der Waals surface area contributed by atoms with Gasteiger partial charge in [0.2, 0.25) is 0 Å². The Hall–Kier alpha value is -2.36. The molecule has 0 fully saturated rings. The highest BCUT2D eigenvalue weighted by atomic mass is 19.1. The minimum absolute atomic E-state index is 0.203. The molecule has 2 rings (SSSR count). The smallest absolute Gasteiger partial charge is 0.335 e. The van der Waals surface area contributed by atoms with E-state index in [1.807, 2.05) is 0 Å². The topological polar surface area (TPSA) is 46.5 Å². The van der Waals surface area contributed by atoms with Crippen molar-refractivity contribution >= 4 is 5.97 Å². The van der Waals surface area contributed by atoms with Crippen molar-refractivity contribution in [3.63, 3.8) is 0 Å². The van der Waals surface area contributed by atoms with E-state index in [1.165, 1.54) is 19.1 Å². The Morgan fingerprint density at radius 1 is 1.05 bits per heavy atom. The molecule has 0 aromatic heterocycles. The van der Waals surface area contributed by atoms with E-state index < -0.39 is 12.1 Å². The van der Waals surface area contributed by atoms with Crippen LogP contribution in [0, 0.1) is 0 Å². The quantitative estimate of drug-likeness (QED) is 0.895. The van der Waals surface area contributed by atoms with Crippen LogP contribution in [0.5, 0.6) is 11.5 Å². The average molecular weight is 260 g/mol. The SMILES string of the molecule is CC(F)c1ccc(Oc2ccc(C(=O)O)cc2)cc1. The van der Waals surface area contributed by atoms with E-state index in [-0.39, 0.29) is 5.56 Å². The zero-order chi connectivity index (χ0) is 13.8. The van der Waals surface area contributed by atoms with Crippen molar-refractivity contribution in [2.75, 3.05) is 0 Å². The summed E-state index contributed by atoms with van der Waals surface area (Å²) in [4.78, 5) is 10.7. The van der Waals surface area contributed by atoms with Gasteiger partial charge >= 0.3 is 5.97 Å². The number of carboxylic acid groups (broad SMARTS) is 1. The summed E-state index contributed by atoms with van der Waals surface area (Å²) in [6.45, 7) is 1.47. The van der Waals surface area contributed by atoms with Crippen LogP contribution in [-0.4, -0.2) is 11.1 Å². The van der Waals surface area contributed by atoms with Crippen molar-refractivity contribution in [3.05, 3.63) is 59.7 Å². The Labute approximate surface area is 110 Å². The maximum Gasteiger partial charge on any atom is 0.335 e. The Kier molecular flexibility index (Phi) is 3.80. The highest BCUT2D eigenvalue weighted by Crippen LogP contribution is 2.24. The molecule has 98 valence electrons. The molecule has 3 nitrogen and oxygen atoms in total. The van der Waals surface area contributed by atoms with Crippen LogP contribution >= 0.6 is 0 Å². The van der Waals surface area contributed by atoms with Gasteiger partial charge in [0, 0.05) is 0 Å². The first-order chi connectivity index (χ1) is 9.06. The van der Waals surface area contributed by atoms with Crippen molar-refractivity contribution in [2.45, 2.75) is 13.1 Å². The molecule has 2 aromatic carbocycles. The molecular formula is C15H13FO3. The molecule has 0 aliphatic heterocycles. The first kappa shape index (κ1) is 13.1. The fourth-order valence-corrected chi connectivity index (χ4v) is 1.60. The molecule has 19 heavy (non-hydrogen) atoms. The van der Waals surface area contributed by atoms with Gasteiger partial charge < -0.3 is 9.84 Å². The van der Waals surface area contributed by atoms with E-state index in [4.69, 9.17) is 9.84 Å². The van der Waals surface area contributed by atoms with E-state index in [0.29, 0.717) is 17.1 Å². The molecule has 0 heterocycles. The zero-order valence-corrected chi connectivity index (χ0v) is 10.3. The molecule has 2 aromatic rings. The second kappa shape index (κ2) is 5.52. The predicted octanol–water partition coefficient (Wildman–Crippen LogP) is 4.21. The third-order valence-corrected chi connectivity index (χ3v) is 2.68. The molecule has 0 aliphatic carbocycles. The molecule has 0 radical (unpaired) electrons. The average Bonchev–Trinajstić information content (AvgIpc) is 2.40. The summed E-state index contributed by atoms with van der Waals surface area (Å²) in [5.41, 5.74) is 0.794. The Morgan fingerprint density at radius 2 is 1.53 bits per heavy atom. The number of ether oxygens (including phenoxy) is 1. The Bertz CT molecular complexity index is 559. The Morgan fingerprint density at radius 3 is 1.95 bits per heavy atom. The number of hydrogen-bond acceptors (Lipinski definition) is 2. The van der Waals surface area contributed by atoms with Gasteiger partial charge in [0.05, 0.1) is 5.56 Å². The monoisotopic (exact) mass is 260 g/mol. The largest absolute Gasteiger partial charge is 0.478 e. The summed E-state index contributed by atoms with van der Waals surface area (Å²) >= 11 is 0. The van der Waals surface area contributed by atoms with Crippen LogP contribution in [0.1, 0.15) is 29.0 Å². The molecule has 0 bridgehead atoms. The van der Waals surface area contributed by atoms with Crippen LogP contribution in [0.15, 0.2) is 48.5 Å². The van der Waals surface area contributed by atoms with Gasteiger partial charge in [-0.3, -0.25) is 0 Å². The van der Waals surface area contributed by atoms with E-state index in [9.17, 15) is 9.18 Å². The minimum Gasteiger partial charge on any atom is -0.478 e. The van der Waals surface area contributed by atoms with Crippen LogP contribution in [0.2, 0.25) is 0 Å². The third-order valence-electron chi connectivity index (χ3n) is 2.68. The predicted molar refractivity (Wildman–Crippen MR) is 69.4 cm³/mol. The zero-order valence-electron chi connectivity index (χ0n) is 10.3. The lowest BCUT2D eigenvalue weighted by molar-refractivity contribution is 0.0697. The lowest BCUT2D eigenvalue weighted by Crippen LogP contribution is -1.95. The number of aromatic carboxylic acids is 1. The number of benzene rings is 2. The molecule has 1 unspecified atom stereocenters. The number of rotatable bonds is 4. The molecule has 0 spiro atoms. The third kappa shape index (κ3) is 3.31. The molecule has 0 aliphatic rings. The van der Waals surface area contributed by atoms with Crippen LogP contribution < -0.4 is 4.74 Å². The fraction of sp³-hybridized carbons (Fsp3) is 0.133. The molecule has 0 amide bonds. The van der Waals surface area contributed by atoms with Crippen molar-refractivity contribution in [3.8, 4) is 11.5 Å². The maximum atomic E-state index is 13.0. The number of hydrogen-bond donors (Lipinski definition) is 1. The summed E-state index contributed by atoms with van der Waals surface area (Å²) in [7, 11) is 0. The van der Waals surface area contributed by atoms with Gasteiger partial charge in [-0.15, -0.1) is 0 Å². The van der Waals surface area contributed by atoms with Gasteiger partial charge in [-0.05, 0) is 48.9 Å². The fourth-order valence-electron chi connectivity index (χ4n) is 1.60. The first-order valence-corrected chi connectivity index (χ1v) is 5.81. The van der Waals surface area contributed by atoms with E-state index in [2.05, 4.69) is 0 Å². The normalized spacial score (nSPS) is 11.9. The van der Waals surface area contributed by atoms with Gasteiger partial charge in [-0.2, -0.15) is 0 Å².